The first kappa shape index (κ1) is 15.4. The SMILES string of the molecule is COCCNCc1ccc(OCC(C)O)c(Br)c1. The highest BCUT2D eigenvalue weighted by atomic mass is 79.9. The molecular formula is C13H20BrNO3. The van der Waals surface area contributed by atoms with E-state index in [-0.39, 0.29) is 0 Å². The first-order valence-corrected chi connectivity index (χ1v) is 6.71. The van der Waals surface area contributed by atoms with Crippen molar-refractivity contribution in [2.24, 2.45) is 0 Å². The summed E-state index contributed by atoms with van der Waals surface area (Å²) in [6.07, 6.45) is -0.465. The number of hydrogen-bond acceptors (Lipinski definition) is 4. The zero-order valence-corrected chi connectivity index (χ0v) is 12.4. The van der Waals surface area contributed by atoms with Crippen LogP contribution in [0.2, 0.25) is 0 Å². The van der Waals surface area contributed by atoms with E-state index in [0.29, 0.717) is 13.2 Å². The molecule has 0 heterocycles. The number of methoxy groups -OCH3 is 1. The zero-order valence-electron chi connectivity index (χ0n) is 10.8. The van der Waals surface area contributed by atoms with E-state index < -0.39 is 6.10 Å². The lowest BCUT2D eigenvalue weighted by molar-refractivity contribution is 0.122. The van der Waals surface area contributed by atoms with Crippen LogP contribution in [0.25, 0.3) is 0 Å². The highest BCUT2D eigenvalue weighted by molar-refractivity contribution is 9.10. The second-order valence-corrected chi connectivity index (χ2v) is 4.95. The van der Waals surface area contributed by atoms with Crippen molar-refractivity contribution in [3.05, 3.63) is 28.2 Å². The molecule has 102 valence electrons. The van der Waals surface area contributed by atoms with Gasteiger partial charge in [-0.25, -0.2) is 0 Å². The topological polar surface area (TPSA) is 50.7 Å². The van der Waals surface area contributed by atoms with Crippen molar-refractivity contribution in [3.8, 4) is 5.75 Å². The standard InChI is InChI=1S/C13H20BrNO3/c1-10(16)9-18-13-4-3-11(7-12(13)14)8-15-5-6-17-2/h3-4,7,10,15-16H,5-6,8-9H2,1-2H3. The summed E-state index contributed by atoms with van der Waals surface area (Å²) in [5.41, 5.74) is 1.17. The van der Waals surface area contributed by atoms with Gasteiger partial charge < -0.3 is 19.9 Å². The Hall–Kier alpha value is -0.620. The first-order chi connectivity index (χ1) is 8.63. The lowest BCUT2D eigenvalue weighted by Crippen LogP contribution is -2.18. The fraction of sp³-hybridized carbons (Fsp3) is 0.538. The van der Waals surface area contributed by atoms with Gasteiger partial charge in [-0.2, -0.15) is 0 Å². The molecule has 5 heteroatoms. The van der Waals surface area contributed by atoms with Crippen LogP contribution in [-0.2, 0) is 11.3 Å². The second-order valence-electron chi connectivity index (χ2n) is 4.09. The molecule has 0 spiro atoms. The highest BCUT2D eigenvalue weighted by Crippen LogP contribution is 2.26. The van der Waals surface area contributed by atoms with E-state index in [2.05, 4.69) is 21.2 Å². The molecule has 1 unspecified atom stereocenters. The van der Waals surface area contributed by atoms with Gasteiger partial charge in [0.1, 0.15) is 12.4 Å². The maximum Gasteiger partial charge on any atom is 0.133 e. The molecular weight excluding hydrogens is 298 g/mol. The van der Waals surface area contributed by atoms with Crippen LogP contribution < -0.4 is 10.1 Å². The minimum Gasteiger partial charge on any atom is -0.490 e. The number of nitrogens with one attached hydrogen (secondary N) is 1. The molecule has 1 aromatic carbocycles. The van der Waals surface area contributed by atoms with Gasteiger partial charge in [-0.1, -0.05) is 6.07 Å². The van der Waals surface area contributed by atoms with Crippen LogP contribution in [-0.4, -0.2) is 38.1 Å². The normalized spacial score (nSPS) is 12.4. The smallest absolute Gasteiger partial charge is 0.133 e. The molecule has 1 aromatic rings. The number of rotatable bonds is 8. The quantitative estimate of drug-likeness (QED) is 0.719. The third kappa shape index (κ3) is 5.82. The van der Waals surface area contributed by atoms with E-state index in [4.69, 9.17) is 14.6 Å². The fourth-order valence-electron chi connectivity index (χ4n) is 1.39. The molecule has 0 amide bonds. The summed E-state index contributed by atoms with van der Waals surface area (Å²) in [5.74, 6) is 0.747. The molecule has 1 atom stereocenters. The molecule has 1 rings (SSSR count). The van der Waals surface area contributed by atoms with Gasteiger partial charge in [-0.05, 0) is 40.5 Å². The number of halogens is 1. The average molecular weight is 318 g/mol. The molecule has 0 aliphatic heterocycles. The second kappa shape index (κ2) is 8.48. The summed E-state index contributed by atoms with van der Waals surface area (Å²) < 4.78 is 11.3. The maximum atomic E-state index is 9.16. The van der Waals surface area contributed by atoms with Crippen LogP contribution in [0, 0.1) is 0 Å². The van der Waals surface area contributed by atoms with Crippen LogP contribution in [0.5, 0.6) is 5.75 Å². The van der Waals surface area contributed by atoms with Gasteiger partial charge >= 0.3 is 0 Å². The summed E-state index contributed by atoms with van der Waals surface area (Å²) in [4.78, 5) is 0. The molecule has 0 saturated heterocycles. The number of benzene rings is 1. The third-order valence-corrected chi connectivity index (χ3v) is 2.91. The summed E-state index contributed by atoms with van der Waals surface area (Å²) in [7, 11) is 1.69. The van der Waals surface area contributed by atoms with Gasteiger partial charge in [-0.3, -0.25) is 0 Å². The number of aliphatic hydroxyl groups excluding tert-OH is 1. The molecule has 2 N–H and O–H groups in total. The van der Waals surface area contributed by atoms with Crippen LogP contribution in [0.3, 0.4) is 0 Å². The maximum absolute atomic E-state index is 9.16. The Balaban J connectivity index is 2.46. The van der Waals surface area contributed by atoms with Crippen molar-refractivity contribution in [2.45, 2.75) is 19.6 Å². The molecule has 0 aromatic heterocycles. The molecule has 0 radical (unpaired) electrons. The Bertz CT molecular complexity index is 358. The molecule has 0 fully saturated rings. The van der Waals surface area contributed by atoms with Gasteiger partial charge in [0, 0.05) is 20.2 Å². The fourth-order valence-corrected chi connectivity index (χ4v) is 1.93. The van der Waals surface area contributed by atoms with Gasteiger partial charge in [0.15, 0.2) is 0 Å². The Morgan fingerprint density at radius 3 is 2.83 bits per heavy atom. The monoisotopic (exact) mass is 317 g/mol. The molecule has 0 bridgehead atoms. The van der Waals surface area contributed by atoms with Crippen molar-refractivity contribution in [3.63, 3.8) is 0 Å². The Labute approximate surface area is 116 Å². The predicted molar refractivity (Wildman–Crippen MR) is 74.9 cm³/mol. The van der Waals surface area contributed by atoms with E-state index in [1.54, 1.807) is 14.0 Å². The summed E-state index contributed by atoms with van der Waals surface area (Å²) in [6, 6.07) is 5.92. The summed E-state index contributed by atoms with van der Waals surface area (Å²) in [6.45, 7) is 4.32. The van der Waals surface area contributed by atoms with Crippen molar-refractivity contribution in [2.75, 3.05) is 26.9 Å². The van der Waals surface area contributed by atoms with Crippen LogP contribution in [0.4, 0.5) is 0 Å². The van der Waals surface area contributed by atoms with Gasteiger partial charge in [0.05, 0.1) is 17.2 Å². The number of aliphatic hydroxyl groups is 1. The van der Waals surface area contributed by atoms with E-state index in [1.807, 2.05) is 18.2 Å². The lowest BCUT2D eigenvalue weighted by Gasteiger charge is -2.11. The molecule has 18 heavy (non-hydrogen) atoms. The van der Waals surface area contributed by atoms with Crippen molar-refractivity contribution >= 4 is 15.9 Å². The zero-order chi connectivity index (χ0) is 13.4. The average Bonchev–Trinajstić information content (AvgIpc) is 2.33. The minimum absolute atomic E-state index is 0.296. The summed E-state index contributed by atoms with van der Waals surface area (Å²) >= 11 is 3.46. The van der Waals surface area contributed by atoms with Gasteiger partial charge in [0.25, 0.3) is 0 Å². The molecule has 4 nitrogen and oxygen atoms in total. The molecule has 0 aliphatic rings. The highest BCUT2D eigenvalue weighted by Gasteiger charge is 2.04. The number of ether oxygens (including phenoxy) is 2. The van der Waals surface area contributed by atoms with Crippen molar-refractivity contribution in [1.82, 2.24) is 5.32 Å². The van der Waals surface area contributed by atoms with Crippen molar-refractivity contribution in [1.29, 1.82) is 0 Å². The van der Waals surface area contributed by atoms with Crippen LogP contribution in [0.15, 0.2) is 22.7 Å². The van der Waals surface area contributed by atoms with E-state index in [9.17, 15) is 0 Å². The Kier molecular flexibility index (Phi) is 7.27. The molecule has 0 saturated carbocycles. The van der Waals surface area contributed by atoms with E-state index in [0.717, 1.165) is 23.3 Å². The Morgan fingerprint density at radius 2 is 2.22 bits per heavy atom. The number of hydrogen-bond donors (Lipinski definition) is 2. The largest absolute Gasteiger partial charge is 0.490 e. The van der Waals surface area contributed by atoms with Crippen LogP contribution >= 0.6 is 15.9 Å². The Morgan fingerprint density at radius 1 is 1.44 bits per heavy atom. The predicted octanol–water partition coefficient (Wildman–Crippen LogP) is 1.94. The lowest BCUT2D eigenvalue weighted by atomic mass is 10.2. The van der Waals surface area contributed by atoms with E-state index in [1.165, 1.54) is 5.56 Å². The van der Waals surface area contributed by atoms with Crippen molar-refractivity contribution < 1.29 is 14.6 Å². The van der Waals surface area contributed by atoms with Gasteiger partial charge in [-0.15, -0.1) is 0 Å². The first-order valence-electron chi connectivity index (χ1n) is 5.92. The van der Waals surface area contributed by atoms with E-state index >= 15 is 0 Å². The molecule has 0 aliphatic carbocycles. The van der Waals surface area contributed by atoms with Gasteiger partial charge in [0.2, 0.25) is 0 Å². The third-order valence-electron chi connectivity index (χ3n) is 2.29. The van der Waals surface area contributed by atoms with Crippen LogP contribution in [0.1, 0.15) is 12.5 Å². The summed E-state index contributed by atoms with van der Waals surface area (Å²) in [5, 5.41) is 12.4. The minimum atomic E-state index is -0.465.